The normalized spacial score (nSPS) is 10.4. The van der Waals surface area contributed by atoms with Crippen molar-refractivity contribution in [1.82, 2.24) is 15.3 Å². The largest absolute Gasteiger partial charge is 0.354 e. The summed E-state index contributed by atoms with van der Waals surface area (Å²) in [6, 6.07) is 1.98. The summed E-state index contributed by atoms with van der Waals surface area (Å²) in [5.41, 5.74) is 0. The third-order valence-corrected chi connectivity index (χ3v) is 2.89. The van der Waals surface area contributed by atoms with Crippen molar-refractivity contribution >= 4 is 23.6 Å². The molecule has 0 aromatic carbocycles. The number of hydrogen-bond donors (Lipinski definition) is 2. The molecule has 1 aromatic heterocycles. The van der Waals surface area contributed by atoms with Crippen molar-refractivity contribution in [3.63, 3.8) is 0 Å². The van der Waals surface area contributed by atoms with Gasteiger partial charge < -0.3 is 10.6 Å². The van der Waals surface area contributed by atoms with E-state index in [-0.39, 0.29) is 11.9 Å². The molecule has 0 aliphatic rings. The number of hydrogen-bond acceptors (Lipinski definition) is 5. The van der Waals surface area contributed by atoms with Crippen LogP contribution in [0, 0.1) is 0 Å². The predicted octanol–water partition coefficient (Wildman–Crippen LogP) is 1.92. The van der Waals surface area contributed by atoms with Crippen molar-refractivity contribution in [2.45, 2.75) is 38.3 Å². The second-order valence-electron chi connectivity index (χ2n) is 4.16. The fourth-order valence-electron chi connectivity index (χ4n) is 1.25. The van der Waals surface area contributed by atoms with Gasteiger partial charge in [-0.2, -0.15) is 0 Å². The summed E-state index contributed by atoms with van der Waals surface area (Å²) in [6.45, 7) is 6.82. The molecule has 1 rings (SSSR count). The molecule has 18 heavy (non-hydrogen) atoms. The van der Waals surface area contributed by atoms with E-state index in [1.807, 2.05) is 19.9 Å². The van der Waals surface area contributed by atoms with Gasteiger partial charge in [0.15, 0.2) is 0 Å². The second kappa shape index (κ2) is 7.92. The fraction of sp³-hybridized carbons (Fsp3) is 0.583. The number of anilines is 1. The molecule has 0 radical (unpaired) electrons. The Balaban J connectivity index is 2.44. The maximum absolute atomic E-state index is 11.5. The first-order valence-corrected chi connectivity index (χ1v) is 7.09. The van der Waals surface area contributed by atoms with Crippen LogP contribution < -0.4 is 10.6 Å². The van der Waals surface area contributed by atoms with Crippen molar-refractivity contribution in [1.29, 1.82) is 0 Å². The molecule has 6 heteroatoms. The third-order valence-electron chi connectivity index (χ3n) is 1.96. The van der Waals surface area contributed by atoms with E-state index in [0.717, 1.165) is 18.0 Å². The highest BCUT2D eigenvalue weighted by Crippen LogP contribution is 2.15. The van der Waals surface area contributed by atoms with E-state index in [2.05, 4.69) is 27.5 Å². The average molecular weight is 268 g/mol. The topological polar surface area (TPSA) is 66.9 Å². The standard InChI is InChI=1S/C12H20N4OS/c1-4-6-13-12-14-7-5-11(16-12)18-8-10(17)15-9(2)3/h5,7,9H,4,6,8H2,1-3H3,(H,15,17)(H,13,14,16). The van der Waals surface area contributed by atoms with Crippen LogP contribution in [0.2, 0.25) is 0 Å². The average Bonchev–Trinajstić information content (AvgIpc) is 2.33. The first-order valence-electron chi connectivity index (χ1n) is 6.11. The molecule has 0 saturated heterocycles. The highest BCUT2D eigenvalue weighted by atomic mass is 32.2. The monoisotopic (exact) mass is 268 g/mol. The zero-order chi connectivity index (χ0) is 13.4. The lowest BCUT2D eigenvalue weighted by molar-refractivity contribution is -0.119. The summed E-state index contributed by atoms with van der Waals surface area (Å²) in [5.74, 6) is 1.02. The first-order chi connectivity index (χ1) is 8.61. The molecule has 5 nitrogen and oxygen atoms in total. The summed E-state index contributed by atoms with van der Waals surface area (Å²) in [4.78, 5) is 19.9. The van der Waals surface area contributed by atoms with E-state index in [1.54, 1.807) is 6.20 Å². The minimum atomic E-state index is 0.0247. The molecule has 0 saturated carbocycles. The van der Waals surface area contributed by atoms with Gasteiger partial charge in [0.05, 0.1) is 5.75 Å². The summed E-state index contributed by atoms with van der Waals surface area (Å²) < 4.78 is 0. The Kier molecular flexibility index (Phi) is 6.49. The van der Waals surface area contributed by atoms with Gasteiger partial charge in [-0.05, 0) is 26.3 Å². The summed E-state index contributed by atoms with van der Waals surface area (Å²) >= 11 is 1.41. The van der Waals surface area contributed by atoms with E-state index in [0.29, 0.717) is 11.7 Å². The van der Waals surface area contributed by atoms with Crippen LogP contribution in [0.3, 0.4) is 0 Å². The Morgan fingerprint density at radius 3 is 2.94 bits per heavy atom. The minimum Gasteiger partial charge on any atom is -0.354 e. The van der Waals surface area contributed by atoms with Gasteiger partial charge in [0.25, 0.3) is 0 Å². The van der Waals surface area contributed by atoms with Crippen LogP contribution in [-0.4, -0.2) is 34.2 Å². The van der Waals surface area contributed by atoms with Gasteiger partial charge >= 0.3 is 0 Å². The number of rotatable bonds is 7. The molecular formula is C12H20N4OS. The Bertz CT molecular complexity index is 384. The van der Waals surface area contributed by atoms with Gasteiger partial charge in [-0.25, -0.2) is 9.97 Å². The molecule has 0 atom stereocenters. The Labute approximate surface area is 112 Å². The molecule has 0 fully saturated rings. The van der Waals surface area contributed by atoms with Crippen LogP contribution in [0.5, 0.6) is 0 Å². The van der Waals surface area contributed by atoms with Gasteiger partial charge in [0, 0.05) is 18.8 Å². The molecule has 2 N–H and O–H groups in total. The third kappa shape index (κ3) is 5.86. The second-order valence-corrected chi connectivity index (χ2v) is 5.15. The quantitative estimate of drug-likeness (QED) is 0.584. The molecule has 100 valence electrons. The minimum absolute atomic E-state index is 0.0247. The van der Waals surface area contributed by atoms with E-state index in [1.165, 1.54) is 11.8 Å². The van der Waals surface area contributed by atoms with Crippen LogP contribution in [0.15, 0.2) is 17.3 Å². The summed E-state index contributed by atoms with van der Waals surface area (Å²) in [6.07, 6.45) is 2.73. The maximum Gasteiger partial charge on any atom is 0.230 e. The molecule has 1 amide bonds. The molecule has 0 unspecified atom stereocenters. The zero-order valence-electron chi connectivity index (χ0n) is 11.1. The molecule has 0 aliphatic heterocycles. The molecule has 0 bridgehead atoms. The Morgan fingerprint density at radius 2 is 2.28 bits per heavy atom. The highest BCUT2D eigenvalue weighted by molar-refractivity contribution is 7.99. The number of nitrogens with zero attached hydrogens (tertiary/aromatic N) is 2. The summed E-state index contributed by atoms with van der Waals surface area (Å²) in [7, 11) is 0. The van der Waals surface area contributed by atoms with Crippen molar-refractivity contribution in [2.24, 2.45) is 0 Å². The zero-order valence-corrected chi connectivity index (χ0v) is 11.9. The van der Waals surface area contributed by atoms with Crippen LogP contribution in [0.1, 0.15) is 27.2 Å². The van der Waals surface area contributed by atoms with Gasteiger partial charge in [-0.15, -0.1) is 0 Å². The molecule has 1 aromatic rings. The molecular weight excluding hydrogens is 248 g/mol. The summed E-state index contributed by atoms with van der Waals surface area (Å²) in [5, 5.41) is 6.77. The predicted molar refractivity (Wildman–Crippen MR) is 74.8 cm³/mol. The number of aromatic nitrogens is 2. The highest BCUT2D eigenvalue weighted by Gasteiger charge is 2.05. The van der Waals surface area contributed by atoms with Crippen molar-refractivity contribution in [3.8, 4) is 0 Å². The van der Waals surface area contributed by atoms with Crippen LogP contribution in [0.4, 0.5) is 5.95 Å². The van der Waals surface area contributed by atoms with E-state index in [9.17, 15) is 4.79 Å². The van der Waals surface area contributed by atoms with Crippen molar-refractivity contribution in [2.75, 3.05) is 17.6 Å². The van der Waals surface area contributed by atoms with Crippen LogP contribution >= 0.6 is 11.8 Å². The van der Waals surface area contributed by atoms with E-state index >= 15 is 0 Å². The number of carbonyl (C=O) groups excluding carboxylic acids is 1. The smallest absolute Gasteiger partial charge is 0.230 e. The first kappa shape index (κ1) is 14.8. The number of thioether (sulfide) groups is 1. The number of nitrogens with one attached hydrogen (secondary N) is 2. The molecule has 0 aliphatic carbocycles. The van der Waals surface area contributed by atoms with Gasteiger partial charge in [0.2, 0.25) is 11.9 Å². The van der Waals surface area contributed by atoms with Crippen LogP contribution in [0.25, 0.3) is 0 Å². The van der Waals surface area contributed by atoms with Crippen molar-refractivity contribution < 1.29 is 4.79 Å². The number of amides is 1. The van der Waals surface area contributed by atoms with Gasteiger partial charge in [-0.3, -0.25) is 4.79 Å². The van der Waals surface area contributed by atoms with E-state index in [4.69, 9.17) is 0 Å². The van der Waals surface area contributed by atoms with Crippen LogP contribution in [-0.2, 0) is 4.79 Å². The maximum atomic E-state index is 11.5. The SMILES string of the molecule is CCCNc1nccc(SCC(=O)NC(C)C)n1. The lowest BCUT2D eigenvalue weighted by atomic mass is 10.4. The molecule has 0 spiro atoms. The van der Waals surface area contributed by atoms with E-state index < -0.39 is 0 Å². The fourth-order valence-corrected chi connectivity index (χ4v) is 1.92. The lowest BCUT2D eigenvalue weighted by Gasteiger charge is -2.08. The lowest BCUT2D eigenvalue weighted by Crippen LogP contribution is -2.31. The van der Waals surface area contributed by atoms with Crippen molar-refractivity contribution in [3.05, 3.63) is 12.3 Å². The Morgan fingerprint density at radius 1 is 1.50 bits per heavy atom. The van der Waals surface area contributed by atoms with Gasteiger partial charge in [0.1, 0.15) is 5.03 Å². The van der Waals surface area contributed by atoms with Gasteiger partial charge in [-0.1, -0.05) is 18.7 Å². The Hall–Kier alpha value is -1.30. The molecule has 1 heterocycles. The number of carbonyl (C=O) groups is 1.